The van der Waals surface area contributed by atoms with Gasteiger partial charge >= 0.3 is 0 Å². The van der Waals surface area contributed by atoms with Crippen LogP contribution in [-0.4, -0.2) is 24.5 Å². The van der Waals surface area contributed by atoms with Crippen molar-refractivity contribution >= 4 is 41.6 Å². The molecule has 0 N–H and O–H groups in total. The molecule has 1 fully saturated rings. The highest BCUT2D eigenvalue weighted by molar-refractivity contribution is 5.96. The molecule has 3 aromatic rings. The Morgan fingerprint density at radius 2 is 1.85 bits per heavy atom. The maximum absolute atomic E-state index is 5.31. The van der Waals surface area contributed by atoms with Gasteiger partial charge in [-0.2, -0.15) is 0 Å². The summed E-state index contributed by atoms with van der Waals surface area (Å²) in [6.07, 6.45) is 28.5. The lowest BCUT2D eigenvalue weighted by Crippen LogP contribution is -2.25. The van der Waals surface area contributed by atoms with E-state index in [1.165, 1.54) is 44.5 Å². The minimum Gasteiger partial charge on any atom is -0.290 e. The molecule has 1 heterocycles. The summed E-state index contributed by atoms with van der Waals surface area (Å²) in [6, 6.07) is 15.5. The molecule has 3 heteroatoms. The van der Waals surface area contributed by atoms with Gasteiger partial charge in [-0.1, -0.05) is 135 Å². The van der Waals surface area contributed by atoms with Gasteiger partial charge in [-0.3, -0.25) is 9.98 Å². The largest absolute Gasteiger partial charge is 0.290 e. The maximum atomic E-state index is 5.31. The van der Waals surface area contributed by atoms with E-state index in [0.29, 0.717) is 17.8 Å². The van der Waals surface area contributed by atoms with Crippen LogP contribution < -0.4 is 0 Å². The van der Waals surface area contributed by atoms with Gasteiger partial charge in [0.1, 0.15) is 6.04 Å². The molecule has 7 rings (SSSR count). The third-order valence-electron chi connectivity index (χ3n) is 11.3. The molecule has 0 aliphatic heterocycles. The number of rotatable bonds is 11. The molecule has 3 nitrogen and oxygen atoms in total. The van der Waals surface area contributed by atoms with Crippen LogP contribution in [0.15, 0.2) is 155 Å². The molecular formula is C49H49N3. The zero-order valence-electron chi connectivity index (χ0n) is 31.0. The highest BCUT2D eigenvalue weighted by Gasteiger charge is 2.49. The molecule has 0 bridgehead atoms. The second-order valence-electron chi connectivity index (χ2n) is 14.5. The van der Waals surface area contributed by atoms with Crippen molar-refractivity contribution < 1.29 is 0 Å². The molecule has 4 aliphatic carbocycles. The van der Waals surface area contributed by atoms with Gasteiger partial charge in [-0.05, 0) is 121 Å². The first-order chi connectivity index (χ1) is 25.3. The number of benzene rings is 2. The zero-order valence-corrected chi connectivity index (χ0v) is 31.0. The molecular weight excluding hydrogens is 631 g/mol. The monoisotopic (exact) mass is 679 g/mol. The lowest BCUT2D eigenvalue weighted by Gasteiger charge is -2.31. The Balaban J connectivity index is 1.17. The van der Waals surface area contributed by atoms with E-state index >= 15 is 0 Å². The summed E-state index contributed by atoms with van der Waals surface area (Å²) in [5.41, 5.74) is 15.6. The maximum Gasteiger partial charge on any atom is 0.102 e. The van der Waals surface area contributed by atoms with Crippen molar-refractivity contribution in [1.29, 1.82) is 0 Å². The van der Waals surface area contributed by atoms with Crippen molar-refractivity contribution in [3.63, 3.8) is 0 Å². The van der Waals surface area contributed by atoms with E-state index in [1.54, 1.807) is 0 Å². The van der Waals surface area contributed by atoms with Crippen molar-refractivity contribution in [2.24, 2.45) is 27.7 Å². The first-order valence-electron chi connectivity index (χ1n) is 18.6. The van der Waals surface area contributed by atoms with Crippen molar-refractivity contribution in [3.05, 3.63) is 178 Å². The van der Waals surface area contributed by atoms with Gasteiger partial charge in [0, 0.05) is 17.2 Å². The normalized spacial score (nSPS) is 24.4. The first-order valence-corrected chi connectivity index (χ1v) is 18.6. The molecule has 1 saturated carbocycles. The van der Waals surface area contributed by atoms with Crippen molar-refractivity contribution in [2.75, 3.05) is 0 Å². The van der Waals surface area contributed by atoms with Crippen LogP contribution >= 0.6 is 0 Å². The summed E-state index contributed by atoms with van der Waals surface area (Å²) in [5.74, 6) is 1.69. The van der Waals surface area contributed by atoms with E-state index in [2.05, 4.69) is 154 Å². The molecule has 4 aliphatic rings. The van der Waals surface area contributed by atoms with E-state index in [9.17, 15) is 0 Å². The van der Waals surface area contributed by atoms with Crippen LogP contribution in [0.4, 0.5) is 0 Å². The van der Waals surface area contributed by atoms with Crippen LogP contribution in [0, 0.1) is 17.8 Å². The first kappa shape index (κ1) is 35.0. The number of hydrogen-bond donors (Lipinski definition) is 0. The number of pyridine rings is 1. The summed E-state index contributed by atoms with van der Waals surface area (Å²) >= 11 is 0. The summed E-state index contributed by atoms with van der Waals surface area (Å²) in [5, 5.41) is 1.16. The predicted molar refractivity (Wildman–Crippen MR) is 225 cm³/mol. The number of aryl methyl sites for hydroxylation is 1. The zero-order chi connectivity index (χ0) is 36.5. The van der Waals surface area contributed by atoms with Gasteiger partial charge in [-0.25, -0.2) is 4.98 Å². The van der Waals surface area contributed by atoms with Gasteiger partial charge < -0.3 is 0 Å². The quantitative estimate of drug-likeness (QED) is 0.147. The van der Waals surface area contributed by atoms with Gasteiger partial charge in [0.2, 0.25) is 0 Å². The molecule has 0 saturated heterocycles. The van der Waals surface area contributed by atoms with Crippen LogP contribution in [0.25, 0.3) is 28.1 Å². The van der Waals surface area contributed by atoms with Gasteiger partial charge in [0.25, 0.3) is 0 Å². The van der Waals surface area contributed by atoms with Crippen LogP contribution in [-0.2, 0) is 6.42 Å². The van der Waals surface area contributed by atoms with E-state index in [0.717, 1.165) is 46.3 Å². The molecule has 5 unspecified atom stereocenters. The van der Waals surface area contributed by atoms with Crippen molar-refractivity contribution in [2.45, 2.75) is 58.4 Å². The smallest absolute Gasteiger partial charge is 0.102 e. The van der Waals surface area contributed by atoms with Crippen LogP contribution in [0.1, 0.15) is 79.5 Å². The molecule has 2 aromatic carbocycles. The average Bonchev–Trinajstić information content (AvgIpc) is 3.90. The average molecular weight is 680 g/mol. The fraction of sp³-hybridized carbons (Fsp3) is 0.245. The number of aliphatic imine (C=N–C) groups is 2. The van der Waals surface area contributed by atoms with Crippen molar-refractivity contribution in [3.8, 4) is 0 Å². The molecule has 0 spiro atoms. The topological polar surface area (TPSA) is 37.6 Å². The Morgan fingerprint density at radius 3 is 2.58 bits per heavy atom. The molecule has 260 valence electrons. The second-order valence-corrected chi connectivity index (χ2v) is 14.5. The number of hydrogen-bond acceptors (Lipinski definition) is 3. The summed E-state index contributed by atoms with van der Waals surface area (Å²) in [6.45, 7) is 24.7. The lowest BCUT2D eigenvalue weighted by molar-refractivity contribution is 0.616. The predicted octanol–water partition coefficient (Wildman–Crippen LogP) is 12.2. The van der Waals surface area contributed by atoms with Crippen LogP contribution in [0.5, 0.6) is 0 Å². The molecule has 1 aromatic heterocycles. The van der Waals surface area contributed by atoms with Crippen LogP contribution in [0.2, 0.25) is 0 Å². The van der Waals surface area contributed by atoms with Crippen molar-refractivity contribution in [1.82, 2.24) is 4.98 Å². The third-order valence-corrected chi connectivity index (χ3v) is 11.3. The fourth-order valence-electron chi connectivity index (χ4n) is 8.85. The Hall–Kier alpha value is -5.41. The van der Waals surface area contributed by atoms with E-state index in [-0.39, 0.29) is 17.9 Å². The van der Waals surface area contributed by atoms with Gasteiger partial charge in [-0.15, -0.1) is 0 Å². The Labute approximate surface area is 310 Å². The summed E-state index contributed by atoms with van der Waals surface area (Å²) in [4.78, 5) is 14.3. The Bertz CT molecular complexity index is 2240. The molecule has 0 amide bonds. The number of fused-ring (bicyclic) bond motifs is 3. The highest BCUT2D eigenvalue weighted by atomic mass is 14.9. The standard InChI is InChI=1S/C49H49N3/c1-9-12-16-31(6)45-44(30(4)5)41-17-13-14-18-43(41)52-47(45)37-24-25-39-42(29-37)46(39)36-22-20-33-27-35(21-19-34(33)28-36)38(11-3)40-26-23-32(15-10-2)48(50-7)49(40)51-8/h9-18,20,22-29,31,39-40,42,46,49H,1,4,7-8,19,21H2,2-3,5-6H3/b15-10-,16-12-,38-11-/t31?,39-,40?,42?,46?,49?/m1/s1. The number of allylic oxidation sites excluding steroid dienone is 14. The lowest BCUT2D eigenvalue weighted by atomic mass is 9.77. The molecule has 6 atom stereocenters. The van der Waals surface area contributed by atoms with Gasteiger partial charge in [0.15, 0.2) is 0 Å². The highest BCUT2D eigenvalue weighted by Crippen LogP contribution is 2.59. The summed E-state index contributed by atoms with van der Waals surface area (Å²) in [7, 11) is 0. The SMILES string of the molecule is C=C/C=C\C(C)c1c(C2=CC3C(c4ccc5c(c4)CCC(/C(=C/C)C4C=CC(/C=C\C)=C(N=C)C4N=C)=C5)[C@@H]3C=C2)nc2ccccc2c1C(=C)C. The fourth-order valence-corrected chi connectivity index (χ4v) is 8.85. The Morgan fingerprint density at radius 1 is 1.02 bits per heavy atom. The minimum absolute atomic E-state index is 0.0801. The molecule has 0 radical (unpaired) electrons. The van der Waals surface area contributed by atoms with E-state index < -0.39 is 0 Å². The van der Waals surface area contributed by atoms with Gasteiger partial charge in [0.05, 0.1) is 16.9 Å². The number of aromatic nitrogens is 1. The minimum atomic E-state index is -0.158. The van der Waals surface area contributed by atoms with E-state index in [1.807, 2.05) is 25.2 Å². The van der Waals surface area contributed by atoms with E-state index in [4.69, 9.17) is 4.98 Å². The molecule has 52 heavy (non-hydrogen) atoms. The Kier molecular flexibility index (Phi) is 9.88. The summed E-state index contributed by atoms with van der Waals surface area (Å²) < 4.78 is 0. The van der Waals surface area contributed by atoms with Crippen LogP contribution in [0.3, 0.4) is 0 Å². The third kappa shape index (κ3) is 6.23. The number of para-hydroxylation sites is 1. The second kappa shape index (κ2) is 14.7. The number of nitrogens with zero attached hydrogens (tertiary/aromatic N) is 3.